The van der Waals surface area contributed by atoms with Gasteiger partial charge < -0.3 is 10.4 Å². The number of benzene rings is 1. The molecule has 0 atom stereocenters. The van der Waals surface area contributed by atoms with Crippen LogP contribution < -0.4 is 5.32 Å². The number of aromatic nitrogens is 1. The van der Waals surface area contributed by atoms with Crippen molar-refractivity contribution < 1.29 is 14.7 Å². The zero-order valence-corrected chi connectivity index (χ0v) is 11.3. The van der Waals surface area contributed by atoms with Crippen molar-refractivity contribution in [1.82, 2.24) is 4.98 Å². The summed E-state index contributed by atoms with van der Waals surface area (Å²) in [4.78, 5) is 26.5. The summed E-state index contributed by atoms with van der Waals surface area (Å²) in [5.74, 6) is -1.74. The minimum Gasteiger partial charge on any atom is -0.477 e. The Morgan fingerprint density at radius 3 is 2.67 bits per heavy atom. The van der Waals surface area contributed by atoms with Gasteiger partial charge in [0.1, 0.15) is 5.69 Å². The minimum absolute atomic E-state index is 0.142. The highest BCUT2D eigenvalue weighted by Gasteiger charge is 2.12. The number of carboxylic acids is 1. The quantitative estimate of drug-likeness (QED) is 0.906. The Hall–Kier alpha value is -2.91. The summed E-state index contributed by atoms with van der Waals surface area (Å²) in [6, 6.07) is 8.91. The number of carbonyl (C=O) groups is 2. The molecule has 0 aliphatic heterocycles. The third-order valence-corrected chi connectivity index (χ3v) is 2.90. The van der Waals surface area contributed by atoms with Crippen LogP contribution in [0.2, 0.25) is 5.02 Å². The number of pyridine rings is 1. The predicted molar refractivity (Wildman–Crippen MR) is 75.3 cm³/mol. The zero-order valence-electron chi connectivity index (χ0n) is 10.5. The fourth-order valence-electron chi connectivity index (χ4n) is 1.57. The largest absolute Gasteiger partial charge is 0.477 e. The molecule has 0 fully saturated rings. The van der Waals surface area contributed by atoms with E-state index in [0.717, 1.165) is 6.07 Å². The Balaban J connectivity index is 2.24. The van der Waals surface area contributed by atoms with E-state index in [4.69, 9.17) is 22.0 Å². The van der Waals surface area contributed by atoms with Crippen LogP contribution in [0.3, 0.4) is 0 Å². The summed E-state index contributed by atoms with van der Waals surface area (Å²) < 4.78 is 0. The van der Waals surface area contributed by atoms with Crippen molar-refractivity contribution >= 4 is 29.2 Å². The van der Waals surface area contributed by atoms with Gasteiger partial charge in [-0.05, 0) is 30.3 Å². The van der Waals surface area contributed by atoms with Crippen LogP contribution in [0.1, 0.15) is 26.4 Å². The molecule has 0 bridgehead atoms. The molecule has 0 aliphatic carbocycles. The summed E-state index contributed by atoms with van der Waals surface area (Å²) in [6.07, 6.45) is 1.23. The molecule has 1 aromatic heterocycles. The average Bonchev–Trinajstić information content (AvgIpc) is 2.49. The third kappa shape index (κ3) is 3.35. The lowest BCUT2D eigenvalue weighted by molar-refractivity contribution is 0.0690. The molecule has 2 aromatic rings. The molecule has 7 heteroatoms. The molecule has 1 aromatic carbocycles. The van der Waals surface area contributed by atoms with Crippen molar-refractivity contribution in [1.29, 1.82) is 5.26 Å². The van der Waals surface area contributed by atoms with Crippen LogP contribution in [0.4, 0.5) is 5.69 Å². The summed E-state index contributed by atoms with van der Waals surface area (Å²) in [5.41, 5.74) is 0.612. The lowest BCUT2D eigenvalue weighted by Crippen LogP contribution is -2.13. The molecule has 2 rings (SSSR count). The van der Waals surface area contributed by atoms with Crippen LogP contribution >= 0.6 is 11.6 Å². The van der Waals surface area contributed by atoms with Crippen LogP contribution in [0, 0.1) is 11.3 Å². The first-order valence-electron chi connectivity index (χ1n) is 5.71. The number of hydrogen-bond donors (Lipinski definition) is 2. The van der Waals surface area contributed by atoms with E-state index in [1.807, 2.05) is 6.07 Å². The van der Waals surface area contributed by atoms with Gasteiger partial charge in [0.2, 0.25) is 0 Å². The second-order valence-electron chi connectivity index (χ2n) is 4.00. The number of aromatic carboxylic acids is 1. The predicted octanol–water partition coefficient (Wildman–Crippen LogP) is 2.56. The van der Waals surface area contributed by atoms with Gasteiger partial charge in [0.15, 0.2) is 0 Å². The molecule has 0 saturated heterocycles. The number of nitriles is 1. The Labute approximate surface area is 124 Å². The normalized spacial score (nSPS) is 9.71. The van der Waals surface area contributed by atoms with Crippen LogP contribution in [0.5, 0.6) is 0 Å². The van der Waals surface area contributed by atoms with Crippen molar-refractivity contribution in [2.24, 2.45) is 0 Å². The maximum Gasteiger partial charge on any atom is 0.354 e. The maximum atomic E-state index is 12.0. The lowest BCUT2D eigenvalue weighted by Gasteiger charge is -2.07. The number of carbonyl (C=O) groups excluding carboxylic acids is 1. The Kier molecular flexibility index (Phi) is 4.16. The minimum atomic E-state index is -1.22. The average molecular weight is 302 g/mol. The Morgan fingerprint density at radius 2 is 2.05 bits per heavy atom. The molecule has 21 heavy (non-hydrogen) atoms. The van der Waals surface area contributed by atoms with Crippen LogP contribution in [0.15, 0.2) is 36.5 Å². The Bertz CT molecular complexity index is 768. The van der Waals surface area contributed by atoms with Crippen molar-refractivity contribution in [2.45, 2.75) is 0 Å². The van der Waals surface area contributed by atoms with E-state index in [2.05, 4.69) is 10.3 Å². The van der Waals surface area contributed by atoms with Gasteiger partial charge in [0.05, 0.1) is 22.3 Å². The highest BCUT2D eigenvalue weighted by molar-refractivity contribution is 6.34. The number of amides is 1. The van der Waals surface area contributed by atoms with Crippen molar-refractivity contribution in [3.8, 4) is 6.07 Å². The van der Waals surface area contributed by atoms with Crippen molar-refractivity contribution in [3.05, 3.63) is 58.4 Å². The number of rotatable bonds is 3. The third-order valence-electron chi connectivity index (χ3n) is 2.59. The fourth-order valence-corrected chi connectivity index (χ4v) is 1.80. The molecule has 0 saturated carbocycles. The van der Waals surface area contributed by atoms with Gasteiger partial charge in [-0.1, -0.05) is 11.6 Å². The second kappa shape index (κ2) is 6.03. The van der Waals surface area contributed by atoms with Crippen LogP contribution in [-0.2, 0) is 0 Å². The van der Waals surface area contributed by atoms with Crippen molar-refractivity contribution in [3.63, 3.8) is 0 Å². The second-order valence-corrected chi connectivity index (χ2v) is 4.40. The summed E-state index contributed by atoms with van der Waals surface area (Å²) in [5, 5.41) is 20.3. The van der Waals surface area contributed by atoms with Crippen LogP contribution in [-0.4, -0.2) is 22.0 Å². The molecule has 1 amide bonds. The first kappa shape index (κ1) is 14.5. The molecule has 104 valence electrons. The van der Waals surface area contributed by atoms with Gasteiger partial charge in [-0.3, -0.25) is 4.79 Å². The molecular weight excluding hydrogens is 294 g/mol. The van der Waals surface area contributed by atoms with Gasteiger partial charge in [-0.2, -0.15) is 5.26 Å². The van der Waals surface area contributed by atoms with E-state index >= 15 is 0 Å². The fraction of sp³-hybridized carbons (Fsp3) is 0. The standard InChI is InChI=1S/C14H8ClN3O3/c15-10-5-8(7-16)1-2-11(10)18-13(19)9-3-4-17-12(6-9)14(20)21/h1-6H,(H,18,19)(H,20,21). The van der Waals surface area contributed by atoms with Crippen LogP contribution in [0.25, 0.3) is 0 Å². The number of nitrogens with one attached hydrogen (secondary N) is 1. The number of carboxylic acid groups (broad SMARTS) is 1. The molecule has 0 spiro atoms. The number of anilines is 1. The SMILES string of the molecule is N#Cc1ccc(NC(=O)c2ccnc(C(=O)O)c2)c(Cl)c1. The number of nitrogens with zero attached hydrogens (tertiary/aromatic N) is 2. The van der Waals surface area contributed by atoms with E-state index in [9.17, 15) is 9.59 Å². The van der Waals surface area contributed by atoms with E-state index in [0.29, 0.717) is 11.3 Å². The van der Waals surface area contributed by atoms with Gasteiger partial charge in [-0.15, -0.1) is 0 Å². The lowest BCUT2D eigenvalue weighted by atomic mass is 10.2. The van der Waals surface area contributed by atoms with E-state index in [1.54, 1.807) is 0 Å². The van der Waals surface area contributed by atoms with Gasteiger partial charge in [0, 0.05) is 11.8 Å². The first-order chi connectivity index (χ1) is 10.0. The molecule has 0 radical (unpaired) electrons. The molecule has 1 heterocycles. The zero-order chi connectivity index (χ0) is 15.4. The molecule has 6 nitrogen and oxygen atoms in total. The molecule has 0 unspecified atom stereocenters. The highest BCUT2D eigenvalue weighted by Crippen LogP contribution is 2.23. The van der Waals surface area contributed by atoms with Crippen molar-refractivity contribution in [2.75, 3.05) is 5.32 Å². The molecule has 2 N–H and O–H groups in total. The molecule has 0 aliphatic rings. The van der Waals surface area contributed by atoms with Gasteiger partial charge in [0.25, 0.3) is 5.91 Å². The monoisotopic (exact) mass is 301 g/mol. The van der Waals surface area contributed by atoms with E-state index < -0.39 is 11.9 Å². The van der Waals surface area contributed by atoms with Gasteiger partial charge in [-0.25, -0.2) is 9.78 Å². The molecular formula is C14H8ClN3O3. The van der Waals surface area contributed by atoms with Gasteiger partial charge >= 0.3 is 5.97 Å². The topological polar surface area (TPSA) is 103 Å². The highest BCUT2D eigenvalue weighted by atomic mass is 35.5. The first-order valence-corrected chi connectivity index (χ1v) is 6.09. The maximum absolute atomic E-state index is 12.0. The smallest absolute Gasteiger partial charge is 0.354 e. The Morgan fingerprint density at radius 1 is 1.29 bits per heavy atom. The summed E-state index contributed by atoms with van der Waals surface area (Å²) in [7, 11) is 0. The summed E-state index contributed by atoms with van der Waals surface area (Å²) in [6.45, 7) is 0. The number of hydrogen-bond acceptors (Lipinski definition) is 4. The number of halogens is 1. The van der Waals surface area contributed by atoms with E-state index in [1.165, 1.54) is 30.5 Å². The summed E-state index contributed by atoms with van der Waals surface area (Å²) >= 11 is 5.95. The van der Waals surface area contributed by atoms with E-state index in [-0.39, 0.29) is 16.3 Å².